The van der Waals surface area contributed by atoms with E-state index < -0.39 is 5.56 Å². The first kappa shape index (κ1) is 4.76. The number of aromatic nitrogens is 3. The van der Waals surface area contributed by atoms with E-state index in [0.29, 0.717) is 4.85 Å². The molecule has 5 heteroatoms. The fraction of sp³-hybridized carbons (Fsp3) is 0. The molecule has 1 rings (SSSR count). The van der Waals surface area contributed by atoms with E-state index in [1.165, 1.54) is 0 Å². The van der Waals surface area contributed by atoms with E-state index in [0.717, 1.165) is 12.5 Å². The number of hydrogen-bond donors (Lipinski definition) is 1. The molecule has 0 amide bonds. The summed E-state index contributed by atoms with van der Waals surface area (Å²) in [6.07, 6.45) is 1.84. The van der Waals surface area contributed by atoms with E-state index in [1.54, 1.807) is 0 Å². The van der Waals surface area contributed by atoms with Gasteiger partial charge < -0.3 is 5.21 Å². The standard InChI is InChI=1S/C3H3N3O2/c7-3-1-5-6(8)2-4-3/h1-2,8H. The Hall–Kier alpha value is -1.39. The molecule has 0 aliphatic rings. The Bertz CT molecular complexity index is 210. The molecule has 5 nitrogen and oxygen atoms in total. The third kappa shape index (κ3) is 0.810. The highest BCUT2D eigenvalue weighted by Gasteiger charge is 1.81. The molecular weight excluding hydrogens is 110 g/mol. The summed E-state index contributed by atoms with van der Waals surface area (Å²) in [6, 6.07) is 0. The van der Waals surface area contributed by atoms with Crippen molar-refractivity contribution in [3.63, 3.8) is 0 Å². The molecule has 1 N–H and O–H groups in total. The fourth-order valence-corrected chi connectivity index (χ4v) is 0.280. The highest BCUT2D eigenvalue weighted by molar-refractivity contribution is 4.64. The van der Waals surface area contributed by atoms with Crippen LogP contribution >= 0.6 is 0 Å². The van der Waals surface area contributed by atoms with Crippen LogP contribution in [-0.4, -0.2) is 20.1 Å². The molecule has 0 atom stereocenters. The number of nitrogens with zero attached hydrogens (tertiary/aromatic N) is 3. The molecule has 0 saturated carbocycles. The van der Waals surface area contributed by atoms with Gasteiger partial charge in [-0.2, -0.15) is 4.98 Å². The van der Waals surface area contributed by atoms with Crippen molar-refractivity contribution in [1.82, 2.24) is 14.9 Å². The van der Waals surface area contributed by atoms with Crippen LogP contribution in [0.15, 0.2) is 17.3 Å². The zero-order valence-electron chi connectivity index (χ0n) is 3.85. The molecule has 1 aromatic heterocycles. The van der Waals surface area contributed by atoms with E-state index >= 15 is 0 Å². The van der Waals surface area contributed by atoms with Crippen molar-refractivity contribution >= 4 is 0 Å². The van der Waals surface area contributed by atoms with Crippen molar-refractivity contribution in [2.75, 3.05) is 0 Å². The zero-order chi connectivity index (χ0) is 5.98. The highest BCUT2D eigenvalue weighted by atomic mass is 16.5. The zero-order valence-corrected chi connectivity index (χ0v) is 3.85. The van der Waals surface area contributed by atoms with Gasteiger partial charge in [-0.1, -0.05) is 4.85 Å². The molecular formula is C3H3N3O2. The van der Waals surface area contributed by atoms with Crippen LogP contribution in [-0.2, 0) is 0 Å². The Morgan fingerprint density at radius 3 is 2.88 bits per heavy atom. The quantitative estimate of drug-likeness (QED) is 0.432. The van der Waals surface area contributed by atoms with E-state index in [2.05, 4.69) is 10.1 Å². The molecule has 42 valence electrons. The summed E-state index contributed by atoms with van der Waals surface area (Å²) in [5.74, 6) is 0. The van der Waals surface area contributed by atoms with Crippen LogP contribution < -0.4 is 5.56 Å². The lowest BCUT2D eigenvalue weighted by molar-refractivity contribution is 0.139. The molecule has 0 aliphatic carbocycles. The minimum absolute atomic E-state index is 0.460. The van der Waals surface area contributed by atoms with Crippen molar-refractivity contribution in [1.29, 1.82) is 0 Å². The Morgan fingerprint density at radius 2 is 2.50 bits per heavy atom. The summed E-state index contributed by atoms with van der Waals surface area (Å²) in [5, 5.41) is 11.5. The Kier molecular flexibility index (Phi) is 0.957. The summed E-state index contributed by atoms with van der Waals surface area (Å²) in [5.41, 5.74) is -0.463. The lowest BCUT2D eigenvalue weighted by atomic mass is 10.9. The van der Waals surface area contributed by atoms with Gasteiger partial charge in [0, 0.05) is 0 Å². The molecule has 0 aliphatic heterocycles. The number of rotatable bonds is 0. The first-order chi connectivity index (χ1) is 3.79. The molecule has 0 aromatic carbocycles. The van der Waals surface area contributed by atoms with Gasteiger partial charge in [-0.3, -0.25) is 4.79 Å². The van der Waals surface area contributed by atoms with Crippen molar-refractivity contribution in [2.45, 2.75) is 0 Å². The molecule has 0 fully saturated rings. The van der Waals surface area contributed by atoms with Crippen LogP contribution in [0.25, 0.3) is 0 Å². The normalized spacial score (nSPS) is 9.00. The highest BCUT2D eigenvalue weighted by Crippen LogP contribution is 1.59. The minimum Gasteiger partial charge on any atom is -0.410 e. The maximum atomic E-state index is 10.1. The second kappa shape index (κ2) is 1.61. The monoisotopic (exact) mass is 113 g/mol. The largest absolute Gasteiger partial charge is 0.410 e. The van der Waals surface area contributed by atoms with Gasteiger partial charge in [0.15, 0.2) is 6.33 Å². The van der Waals surface area contributed by atoms with Crippen LogP contribution in [0.2, 0.25) is 0 Å². The van der Waals surface area contributed by atoms with E-state index in [1.807, 2.05) is 0 Å². The van der Waals surface area contributed by atoms with Gasteiger partial charge in [0.05, 0.1) is 0 Å². The topological polar surface area (TPSA) is 68.0 Å². The molecule has 1 aromatic rings. The lowest BCUT2D eigenvalue weighted by Crippen LogP contribution is -2.10. The van der Waals surface area contributed by atoms with Gasteiger partial charge in [0.1, 0.15) is 6.20 Å². The Morgan fingerprint density at radius 1 is 1.75 bits per heavy atom. The fourth-order valence-electron chi connectivity index (χ4n) is 0.280. The average Bonchev–Trinajstić information content (AvgIpc) is 1.77. The summed E-state index contributed by atoms with van der Waals surface area (Å²) in [4.78, 5) is 13.8. The predicted molar refractivity (Wildman–Crippen MR) is 23.5 cm³/mol. The van der Waals surface area contributed by atoms with Gasteiger partial charge in [-0.15, -0.1) is 5.10 Å². The molecule has 0 unspecified atom stereocenters. The van der Waals surface area contributed by atoms with E-state index in [4.69, 9.17) is 5.21 Å². The SMILES string of the molecule is O=c1cnn(O)cn1. The molecule has 0 spiro atoms. The summed E-state index contributed by atoms with van der Waals surface area (Å²) >= 11 is 0. The second-order valence-corrected chi connectivity index (χ2v) is 1.15. The van der Waals surface area contributed by atoms with Gasteiger partial charge >= 0.3 is 0 Å². The van der Waals surface area contributed by atoms with E-state index in [9.17, 15) is 4.79 Å². The first-order valence-corrected chi connectivity index (χ1v) is 1.89. The van der Waals surface area contributed by atoms with Crippen LogP contribution in [0, 0.1) is 0 Å². The maximum absolute atomic E-state index is 10.1. The van der Waals surface area contributed by atoms with Crippen LogP contribution in [0.4, 0.5) is 0 Å². The van der Waals surface area contributed by atoms with Gasteiger partial charge in [-0.05, 0) is 0 Å². The van der Waals surface area contributed by atoms with Crippen LogP contribution in [0.1, 0.15) is 0 Å². The third-order valence-electron chi connectivity index (χ3n) is 0.575. The lowest BCUT2D eigenvalue weighted by Gasteiger charge is -1.86. The van der Waals surface area contributed by atoms with Crippen LogP contribution in [0.5, 0.6) is 0 Å². The number of hydrogen-bond acceptors (Lipinski definition) is 4. The Labute approximate surface area is 44.2 Å². The molecule has 0 bridgehead atoms. The van der Waals surface area contributed by atoms with Crippen LogP contribution in [0.3, 0.4) is 0 Å². The third-order valence-corrected chi connectivity index (χ3v) is 0.575. The summed E-state index contributed by atoms with van der Waals surface area (Å²) in [6.45, 7) is 0. The maximum Gasteiger partial charge on any atom is 0.291 e. The first-order valence-electron chi connectivity index (χ1n) is 1.89. The predicted octanol–water partition coefficient (Wildman–Crippen LogP) is -1.12. The molecule has 1 heterocycles. The van der Waals surface area contributed by atoms with Crippen molar-refractivity contribution in [3.05, 3.63) is 22.9 Å². The molecule has 8 heavy (non-hydrogen) atoms. The molecule has 0 radical (unpaired) electrons. The Balaban J connectivity index is 3.22. The minimum atomic E-state index is -0.463. The summed E-state index contributed by atoms with van der Waals surface area (Å²) in [7, 11) is 0. The van der Waals surface area contributed by atoms with Crippen molar-refractivity contribution in [3.8, 4) is 0 Å². The van der Waals surface area contributed by atoms with Gasteiger partial charge in [0.2, 0.25) is 0 Å². The average molecular weight is 113 g/mol. The summed E-state index contributed by atoms with van der Waals surface area (Å²) < 4.78 is 0. The van der Waals surface area contributed by atoms with E-state index in [-0.39, 0.29) is 0 Å². The molecule has 0 saturated heterocycles. The van der Waals surface area contributed by atoms with Crippen molar-refractivity contribution < 1.29 is 5.21 Å². The smallest absolute Gasteiger partial charge is 0.291 e. The second-order valence-electron chi connectivity index (χ2n) is 1.15. The van der Waals surface area contributed by atoms with Crippen molar-refractivity contribution in [2.24, 2.45) is 0 Å². The van der Waals surface area contributed by atoms with Gasteiger partial charge in [-0.25, -0.2) is 0 Å². The van der Waals surface area contributed by atoms with Gasteiger partial charge in [0.25, 0.3) is 5.56 Å².